The molecular formula is C16H15NO4. The largest absolute Gasteiger partial charge is 0.447 e. The van der Waals surface area contributed by atoms with Crippen molar-refractivity contribution in [3.63, 3.8) is 0 Å². The van der Waals surface area contributed by atoms with E-state index in [1.54, 1.807) is 6.08 Å². The van der Waals surface area contributed by atoms with Crippen LogP contribution in [-0.2, 0) is 14.3 Å². The summed E-state index contributed by atoms with van der Waals surface area (Å²) in [5, 5.41) is 0. The quantitative estimate of drug-likeness (QED) is 0.832. The minimum atomic E-state index is -0.600. The van der Waals surface area contributed by atoms with Crippen molar-refractivity contribution in [2.45, 2.75) is 12.3 Å². The van der Waals surface area contributed by atoms with E-state index in [4.69, 9.17) is 4.74 Å². The van der Waals surface area contributed by atoms with E-state index in [0.717, 1.165) is 10.5 Å². The lowest BCUT2D eigenvalue weighted by Crippen LogP contribution is -2.39. The number of hydrogen-bond donors (Lipinski definition) is 0. The number of ether oxygens (including phenoxy) is 1. The Morgan fingerprint density at radius 2 is 1.95 bits per heavy atom. The van der Waals surface area contributed by atoms with E-state index in [2.05, 4.69) is 0 Å². The molecule has 1 aromatic rings. The molecule has 5 nitrogen and oxygen atoms in total. The van der Waals surface area contributed by atoms with Crippen LogP contribution >= 0.6 is 0 Å². The standard InChI is InChI=1S/C16H15NO4/c18-12-6-7-13(15(19)17-8-9-21-16(17)20)14(10-12)11-4-2-1-3-5-11/h1-7,13-14H,8-10H2/t13-,14+/m0/s1. The summed E-state index contributed by atoms with van der Waals surface area (Å²) in [7, 11) is 0. The fourth-order valence-electron chi connectivity index (χ4n) is 2.81. The number of benzene rings is 1. The van der Waals surface area contributed by atoms with E-state index in [-0.39, 0.29) is 37.2 Å². The van der Waals surface area contributed by atoms with Gasteiger partial charge in [-0.3, -0.25) is 9.59 Å². The molecule has 1 aliphatic heterocycles. The maximum Gasteiger partial charge on any atom is 0.416 e. The molecule has 0 spiro atoms. The number of nitrogens with zero attached hydrogens (tertiary/aromatic N) is 1. The van der Waals surface area contributed by atoms with Gasteiger partial charge in [-0.05, 0) is 11.6 Å². The average molecular weight is 285 g/mol. The molecule has 108 valence electrons. The van der Waals surface area contributed by atoms with Crippen molar-refractivity contribution in [3.05, 3.63) is 48.0 Å². The molecule has 1 fully saturated rings. The van der Waals surface area contributed by atoms with Crippen molar-refractivity contribution in [1.29, 1.82) is 0 Å². The summed E-state index contributed by atoms with van der Waals surface area (Å²) in [6.07, 6.45) is 2.72. The third-order valence-electron chi connectivity index (χ3n) is 3.88. The van der Waals surface area contributed by atoms with Crippen LogP contribution in [0.1, 0.15) is 17.9 Å². The van der Waals surface area contributed by atoms with Crippen molar-refractivity contribution >= 4 is 17.8 Å². The van der Waals surface area contributed by atoms with Crippen LogP contribution in [0.5, 0.6) is 0 Å². The van der Waals surface area contributed by atoms with Crippen molar-refractivity contribution in [2.24, 2.45) is 5.92 Å². The van der Waals surface area contributed by atoms with Crippen molar-refractivity contribution in [3.8, 4) is 0 Å². The lowest BCUT2D eigenvalue weighted by atomic mass is 9.78. The Bertz CT molecular complexity index is 608. The van der Waals surface area contributed by atoms with Gasteiger partial charge in [0.2, 0.25) is 5.91 Å². The summed E-state index contributed by atoms with van der Waals surface area (Å²) < 4.78 is 4.81. The minimum absolute atomic E-state index is 0.00287. The van der Waals surface area contributed by atoms with Crippen molar-refractivity contribution in [2.75, 3.05) is 13.2 Å². The van der Waals surface area contributed by atoms with Crippen LogP contribution in [0.15, 0.2) is 42.5 Å². The topological polar surface area (TPSA) is 63.7 Å². The van der Waals surface area contributed by atoms with Gasteiger partial charge in [-0.25, -0.2) is 9.69 Å². The molecule has 2 amide bonds. The van der Waals surface area contributed by atoms with Crippen LogP contribution in [0.4, 0.5) is 4.79 Å². The Morgan fingerprint density at radius 3 is 2.62 bits per heavy atom. The summed E-state index contributed by atoms with van der Waals surface area (Å²) in [4.78, 5) is 36.9. The normalized spacial score (nSPS) is 25.0. The second-order valence-electron chi connectivity index (χ2n) is 5.18. The number of ketones is 1. The van der Waals surface area contributed by atoms with Gasteiger partial charge in [0.1, 0.15) is 6.61 Å². The minimum Gasteiger partial charge on any atom is -0.447 e. The lowest BCUT2D eigenvalue weighted by Gasteiger charge is -2.28. The second kappa shape index (κ2) is 5.52. The van der Waals surface area contributed by atoms with Gasteiger partial charge in [-0.2, -0.15) is 0 Å². The first kappa shape index (κ1) is 13.5. The molecule has 2 atom stereocenters. The summed E-state index contributed by atoms with van der Waals surface area (Å²) in [6.45, 7) is 0.507. The summed E-state index contributed by atoms with van der Waals surface area (Å²) in [5.74, 6) is -1.03. The molecule has 1 aromatic carbocycles. The molecule has 5 heteroatoms. The van der Waals surface area contributed by atoms with Gasteiger partial charge in [0.15, 0.2) is 5.78 Å². The molecule has 0 aromatic heterocycles. The zero-order valence-corrected chi connectivity index (χ0v) is 11.4. The van der Waals surface area contributed by atoms with Crippen LogP contribution in [0.3, 0.4) is 0 Å². The molecule has 1 saturated heterocycles. The maximum absolute atomic E-state index is 12.6. The van der Waals surface area contributed by atoms with Crippen LogP contribution in [-0.4, -0.2) is 35.8 Å². The molecule has 0 radical (unpaired) electrons. The first-order valence-electron chi connectivity index (χ1n) is 6.91. The van der Waals surface area contributed by atoms with E-state index >= 15 is 0 Å². The average Bonchev–Trinajstić information content (AvgIpc) is 2.93. The van der Waals surface area contributed by atoms with Gasteiger partial charge >= 0.3 is 6.09 Å². The van der Waals surface area contributed by atoms with Gasteiger partial charge in [-0.1, -0.05) is 36.4 Å². The Morgan fingerprint density at radius 1 is 1.19 bits per heavy atom. The molecule has 1 heterocycles. The number of hydrogen-bond acceptors (Lipinski definition) is 4. The molecular weight excluding hydrogens is 270 g/mol. The Hall–Kier alpha value is -2.43. The number of carbonyl (C=O) groups is 3. The van der Waals surface area contributed by atoms with Crippen molar-refractivity contribution < 1.29 is 19.1 Å². The Kier molecular flexibility index (Phi) is 3.56. The lowest BCUT2D eigenvalue weighted by molar-refractivity contribution is -0.131. The molecule has 0 bridgehead atoms. The fourth-order valence-corrected chi connectivity index (χ4v) is 2.81. The molecule has 0 N–H and O–H groups in total. The maximum atomic E-state index is 12.6. The number of cyclic esters (lactones) is 1. The van der Waals surface area contributed by atoms with E-state index in [0.29, 0.717) is 0 Å². The van der Waals surface area contributed by atoms with Crippen LogP contribution in [0.2, 0.25) is 0 Å². The predicted molar refractivity (Wildman–Crippen MR) is 74.5 cm³/mol. The first-order valence-corrected chi connectivity index (χ1v) is 6.91. The number of carbonyl (C=O) groups excluding carboxylic acids is 3. The predicted octanol–water partition coefficient (Wildman–Crippen LogP) is 1.89. The summed E-state index contributed by atoms with van der Waals surface area (Å²) in [6, 6.07) is 9.45. The highest BCUT2D eigenvalue weighted by atomic mass is 16.6. The highest BCUT2D eigenvalue weighted by Gasteiger charge is 2.38. The fraction of sp³-hybridized carbons (Fsp3) is 0.312. The van der Waals surface area contributed by atoms with Crippen molar-refractivity contribution in [1.82, 2.24) is 4.90 Å². The molecule has 2 aliphatic rings. The van der Waals surface area contributed by atoms with Gasteiger partial charge in [-0.15, -0.1) is 0 Å². The van der Waals surface area contributed by atoms with E-state index < -0.39 is 12.0 Å². The SMILES string of the molecule is O=C1C=C[C@H](C(=O)N2CCOC2=O)[C@@H](c2ccccc2)C1. The van der Waals surface area contributed by atoms with E-state index in [1.165, 1.54) is 6.08 Å². The molecule has 1 aliphatic carbocycles. The number of imide groups is 1. The monoisotopic (exact) mass is 285 g/mol. The molecule has 3 rings (SSSR count). The van der Waals surface area contributed by atoms with Gasteiger partial charge in [0.05, 0.1) is 12.5 Å². The number of amides is 2. The molecule has 21 heavy (non-hydrogen) atoms. The van der Waals surface area contributed by atoms with Gasteiger partial charge < -0.3 is 4.74 Å². The number of allylic oxidation sites excluding steroid dienone is 1. The Balaban J connectivity index is 1.90. The second-order valence-corrected chi connectivity index (χ2v) is 5.18. The smallest absolute Gasteiger partial charge is 0.416 e. The molecule has 0 unspecified atom stereocenters. The molecule has 0 saturated carbocycles. The highest BCUT2D eigenvalue weighted by molar-refractivity contribution is 5.99. The van der Waals surface area contributed by atoms with Crippen LogP contribution in [0, 0.1) is 5.92 Å². The third-order valence-corrected chi connectivity index (χ3v) is 3.88. The number of rotatable bonds is 2. The zero-order valence-electron chi connectivity index (χ0n) is 11.4. The van der Waals surface area contributed by atoms with Gasteiger partial charge in [0.25, 0.3) is 0 Å². The summed E-state index contributed by atoms with van der Waals surface area (Å²) >= 11 is 0. The Labute approximate surface area is 122 Å². The van der Waals surface area contributed by atoms with Crippen LogP contribution in [0.25, 0.3) is 0 Å². The summed E-state index contributed by atoms with van der Waals surface area (Å²) in [5.41, 5.74) is 0.932. The van der Waals surface area contributed by atoms with Gasteiger partial charge in [0, 0.05) is 12.3 Å². The van der Waals surface area contributed by atoms with Crippen LogP contribution < -0.4 is 0 Å². The third kappa shape index (κ3) is 2.59. The van der Waals surface area contributed by atoms with E-state index in [9.17, 15) is 14.4 Å². The van der Waals surface area contributed by atoms with E-state index in [1.807, 2.05) is 30.3 Å². The highest BCUT2D eigenvalue weighted by Crippen LogP contribution is 2.34. The zero-order chi connectivity index (χ0) is 14.8. The first-order chi connectivity index (χ1) is 10.2.